The molecule has 0 spiro atoms. The first-order valence-corrected chi connectivity index (χ1v) is 6.97. The molecule has 1 aromatic carbocycles. The standard InChI is InChI=1S/C14H16OS/c15-14-9-12(10-5-2-1-3-6-10)11-7-4-8-13(11)16-14/h1-3,5-6,11-13H,4,7-9H2/t11-,12-,13-/m1/s1. The van der Waals surface area contributed by atoms with E-state index in [1.54, 1.807) is 11.8 Å². The predicted octanol–water partition coefficient (Wildman–Crippen LogP) is 3.60. The van der Waals surface area contributed by atoms with E-state index in [-0.39, 0.29) is 0 Å². The van der Waals surface area contributed by atoms with Gasteiger partial charge in [0, 0.05) is 11.7 Å². The van der Waals surface area contributed by atoms with E-state index in [4.69, 9.17) is 0 Å². The lowest BCUT2D eigenvalue weighted by Gasteiger charge is -2.32. The van der Waals surface area contributed by atoms with Crippen LogP contribution in [0, 0.1) is 5.92 Å². The van der Waals surface area contributed by atoms with Gasteiger partial charge in [0.05, 0.1) is 0 Å². The normalized spacial score (nSPS) is 33.8. The molecule has 1 saturated heterocycles. The van der Waals surface area contributed by atoms with Gasteiger partial charge >= 0.3 is 0 Å². The largest absolute Gasteiger partial charge is 0.287 e. The summed E-state index contributed by atoms with van der Waals surface area (Å²) in [6.45, 7) is 0. The molecule has 0 amide bonds. The third-order valence-electron chi connectivity index (χ3n) is 3.92. The van der Waals surface area contributed by atoms with E-state index in [1.807, 2.05) is 0 Å². The minimum Gasteiger partial charge on any atom is -0.287 e. The minimum atomic E-state index is 0.400. The van der Waals surface area contributed by atoms with Crippen LogP contribution in [-0.2, 0) is 4.79 Å². The monoisotopic (exact) mass is 232 g/mol. The fraction of sp³-hybridized carbons (Fsp3) is 0.500. The van der Waals surface area contributed by atoms with Gasteiger partial charge < -0.3 is 0 Å². The van der Waals surface area contributed by atoms with E-state index in [2.05, 4.69) is 30.3 Å². The summed E-state index contributed by atoms with van der Waals surface area (Å²) >= 11 is 1.62. The first-order chi connectivity index (χ1) is 7.84. The van der Waals surface area contributed by atoms with Gasteiger partial charge in [-0.15, -0.1) is 0 Å². The molecule has 2 heteroatoms. The Morgan fingerprint density at radius 3 is 2.75 bits per heavy atom. The molecule has 1 aliphatic carbocycles. The molecule has 0 N–H and O–H groups in total. The molecule has 0 unspecified atom stereocenters. The zero-order valence-electron chi connectivity index (χ0n) is 9.26. The van der Waals surface area contributed by atoms with Crippen molar-refractivity contribution in [3.8, 4) is 0 Å². The lowest BCUT2D eigenvalue weighted by atomic mass is 9.82. The van der Waals surface area contributed by atoms with Crippen molar-refractivity contribution in [1.82, 2.24) is 0 Å². The molecule has 1 aliphatic heterocycles. The molecular weight excluding hydrogens is 216 g/mol. The number of thioether (sulfide) groups is 1. The number of carbonyl (C=O) groups is 1. The van der Waals surface area contributed by atoms with Crippen molar-refractivity contribution >= 4 is 16.9 Å². The molecule has 1 nitrogen and oxygen atoms in total. The highest BCUT2D eigenvalue weighted by molar-refractivity contribution is 8.14. The topological polar surface area (TPSA) is 17.1 Å². The van der Waals surface area contributed by atoms with Crippen molar-refractivity contribution in [2.45, 2.75) is 36.9 Å². The molecule has 3 atom stereocenters. The fourth-order valence-corrected chi connectivity index (χ4v) is 4.57. The second-order valence-corrected chi connectivity index (χ2v) is 6.14. The maximum atomic E-state index is 11.8. The molecule has 0 aromatic heterocycles. The van der Waals surface area contributed by atoms with E-state index >= 15 is 0 Å². The Labute approximate surface area is 101 Å². The minimum absolute atomic E-state index is 0.400. The van der Waals surface area contributed by atoms with Crippen LogP contribution in [-0.4, -0.2) is 10.4 Å². The summed E-state index contributed by atoms with van der Waals surface area (Å²) in [5, 5.41) is 1.00. The fourth-order valence-electron chi connectivity index (χ4n) is 3.17. The van der Waals surface area contributed by atoms with Crippen molar-refractivity contribution in [2.24, 2.45) is 5.92 Å². The quantitative estimate of drug-likeness (QED) is 0.736. The van der Waals surface area contributed by atoms with Crippen molar-refractivity contribution < 1.29 is 4.79 Å². The van der Waals surface area contributed by atoms with Gasteiger partial charge in [0.25, 0.3) is 0 Å². The Morgan fingerprint density at radius 2 is 1.94 bits per heavy atom. The van der Waals surface area contributed by atoms with Gasteiger partial charge in [-0.1, -0.05) is 48.5 Å². The second-order valence-electron chi connectivity index (χ2n) is 4.84. The first-order valence-electron chi connectivity index (χ1n) is 6.09. The maximum Gasteiger partial charge on any atom is 0.189 e. The summed E-state index contributed by atoms with van der Waals surface area (Å²) in [4.78, 5) is 11.8. The Balaban J connectivity index is 1.90. The molecule has 1 saturated carbocycles. The van der Waals surface area contributed by atoms with Crippen LogP contribution in [0.1, 0.15) is 37.2 Å². The SMILES string of the molecule is O=C1C[C@H](c2ccccc2)[C@H]2CCC[C@H]2S1. The van der Waals surface area contributed by atoms with E-state index in [1.165, 1.54) is 24.8 Å². The molecule has 0 radical (unpaired) electrons. The summed E-state index contributed by atoms with van der Waals surface area (Å²) in [5.41, 5.74) is 1.37. The van der Waals surface area contributed by atoms with Crippen molar-refractivity contribution in [1.29, 1.82) is 0 Å². The average molecular weight is 232 g/mol. The molecule has 2 fully saturated rings. The lowest BCUT2D eigenvalue weighted by molar-refractivity contribution is -0.112. The average Bonchev–Trinajstić information content (AvgIpc) is 2.77. The number of carbonyl (C=O) groups excluding carboxylic acids is 1. The van der Waals surface area contributed by atoms with Crippen LogP contribution in [0.2, 0.25) is 0 Å². The highest BCUT2D eigenvalue weighted by Crippen LogP contribution is 2.49. The third kappa shape index (κ3) is 1.80. The highest BCUT2D eigenvalue weighted by Gasteiger charge is 2.40. The molecule has 16 heavy (non-hydrogen) atoms. The lowest BCUT2D eigenvalue weighted by Crippen LogP contribution is -2.27. The van der Waals surface area contributed by atoms with Gasteiger partial charge in [-0.25, -0.2) is 0 Å². The molecular formula is C14H16OS. The summed E-state index contributed by atoms with van der Waals surface area (Å²) in [6.07, 6.45) is 4.60. The Kier molecular flexibility index (Phi) is 2.76. The Morgan fingerprint density at radius 1 is 1.12 bits per heavy atom. The van der Waals surface area contributed by atoms with Gasteiger partial charge in [0.1, 0.15) is 0 Å². The molecule has 2 aliphatic rings. The molecule has 0 bridgehead atoms. The zero-order valence-corrected chi connectivity index (χ0v) is 10.1. The van der Waals surface area contributed by atoms with Crippen LogP contribution in [0.5, 0.6) is 0 Å². The van der Waals surface area contributed by atoms with E-state index in [9.17, 15) is 4.79 Å². The van der Waals surface area contributed by atoms with Gasteiger partial charge in [0.15, 0.2) is 5.12 Å². The number of hydrogen-bond acceptors (Lipinski definition) is 2. The van der Waals surface area contributed by atoms with E-state index < -0.39 is 0 Å². The first kappa shape index (κ1) is 10.4. The zero-order chi connectivity index (χ0) is 11.0. The molecule has 1 heterocycles. The van der Waals surface area contributed by atoms with Crippen molar-refractivity contribution in [3.05, 3.63) is 35.9 Å². The van der Waals surface area contributed by atoms with Crippen molar-refractivity contribution in [2.75, 3.05) is 0 Å². The second kappa shape index (κ2) is 4.25. The Hall–Kier alpha value is -0.760. The van der Waals surface area contributed by atoms with Crippen LogP contribution in [0.25, 0.3) is 0 Å². The van der Waals surface area contributed by atoms with Crippen LogP contribution < -0.4 is 0 Å². The van der Waals surface area contributed by atoms with Gasteiger partial charge in [-0.3, -0.25) is 4.79 Å². The third-order valence-corrected chi connectivity index (χ3v) is 5.24. The summed E-state index contributed by atoms with van der Waals surface area (Å²) in [6, 6.07) is 10.6. The summed E-state index contributed by atoms with van der Waals surface area (Å²) < 4.78 is 0. The number of rotatable bonds is 1. The number of hydrogen-bond donors (Lipinski definition) is 0. The summed E-state index contributed by atoms with van der Waals surface area (Å²) in [5.74, 6) is 1.23. The van der Waals surface area contributed by atoms with Crippen LogP contribution in [0.3, 0.4) is 0 Å². The van der Waals surface area contributed by atoms with Crippen molar-refractivity contribution in [3.63, 3.8) is 0 Å². The van der Waals surface area contributed by atoms with Crippen LogP contribution >= 0.6 is 11.8 Å². The predicted molar refractivity (Wildman–Crippen MR) is 67.5 cm³/mol. The van der Waals surface area contributed by atoms with Crippen LogP contribution in [0.4, 0.5) is 0 Å². The number of benzene rings is 1. The van der Waals surface area contributed by atoms with Gasteiger partial charge in [-0.05, 0) is 30.2 Å². The molecule has 3 rings (SSSR count). The number of fused-ring (bicyclic) bond motifs is 1. The Bertz CT molecular complexity index is 387. The summed E-state index contributed by atoms with van der Waals surface area (Å²) in [7, 11) is 0. The highest BCUT2D eigenvalue weighted by atomic mass is 32.2. The van der Waals surface area contributed by atoms with E-state index in [0.717, 1.165) is 12.3 Å². The van der Waals surface area contributed by atoms with Crippen LogP contribution in [0.15, 0.2) is 30.3 Å². The van der Waals surface area contributed by atoms with Gasteiger partial charge in [0.2, 0.25) is 0 Å². The van der Waals surface area contributed by atoms with Gasteiger partial charge in [-0.2, -0.15) is 0 Å². The smallest absolute Gasteiger partial charge is 0.189 e. The maximum absolute atomic E-state index is 11.8. The molecule has 1 aromatic rings. The molecule has 84 valence electrons. The van der Waals surface area contributed by atoms with E-state index in [0.29, 0.717) is 16.3 Å².